The molecule has 0 radical (unpaired) electrons. The molecule has 24 heavy (non-hydrogen) atoms. The molecule has 0 bridgehead atoms. The van der Waals surface area contributed by atoms with Crippen LogP contribution < -0.4 is 5.32 Å². The quantitative estimate of drug-likeness (QED) is 0.920. The summed E-state index contributed by atoms with van der Waals surface area (Å²) >= 11 is 0. The summed E-state index contributed by atoms with van der Waals surface area (Å²) < 4.78 is 0. The third-order valence-electron chi connectivity index (χ3n) is 3.65. The molecule has 126 valence electrons. The summed E-state index contributed by atoms with van der Waals surface area (Å²) in [6, 6.07) is 15.1. The van der Waals surface area contributed by atoms with Gasteiger partial charge in [0.1, 0.15) is 0 Å². The number of likely N-dealkylation sites (N-methyl/N-ethyl adjacent to an activating group) is 1. The summed E-state index contributed by atoms with van der Waals surface area (Å²) in [7, 11) is 6.96. The molecule has 0 aliphatic carbocycles. The summed E-state index contributed by atoms with van der Waals surface area (Å²) in [5, 5.41) is 3.27. The number of para-hydroxylation sites is 1. The Kier molecular flexibility index (Phi) is 5.58. The molecule has 2 aromatic rings. The van der Waals surface area contributed by atoms with E-state index in [9.17, 15) is 9.59 Å². The van der Waals surface area contributed by atoms with Crippen molar-refractivity contribution in [2.24, 2.45) is 0 Å². The average Bonchev–Trinajstić information content (AvgIpc) is 2.56. The van der Waals surface area contributed by atoms with E-state index in [1.54, 1.807) is 44.1 Å². The van der Waals surface area contributed by atoms with Gasteiger partial charge in [-0.3, -0.25) is 9.59 Å². The zero-order valence-corrected chi connectivity index (χ0v) is 14.5. The Morgan fingerprint density at radius 1 is 0.875 bits per heavy atom. The van der Waals surface area contributed by atoms with Crippen LogP contribution in [-0.2, 0) is 11.2 Å². The second kappa shape index (κ2) is 7.64. The minimum Gasteiger partial charge on any atom is -0.355 e. The van der Waals surface area contributed by atoms with E-state index in [2.05, 4.69) is 5.32 Å². The van der Waals surface area contributed by atoms with Crippen molar-refractivity contribution in [3.05, 3.63) is 59.7 Å². The van der Waals surface area contributed by atoms with Crippen molar-refractivity contribution in [1.29, 1.82) is 0 Å². The van der Waals surface area contributed by atoms with Crippen molar-refractivity contribution >= 4 is 23.2 Å². The van der Waals surface area contributed by atoms with Gasteiger partial charge in [0.05, 0.1) is 17.7 Å². The maximum absolute atomic E-state index is 12.2. The lowest BCUT2D eigenvalue weighted by Crippen LogP contribution is -2.23. The van der Waals surface area contributed by atoms with Crippen LogP contribution in [0.3, 0.4) is 0 Å². The van der Waals surface area contributed by atoms with E-state index >= 15 is 0 Å². The Morgan fingerprint density at radius 3 is 2.08 bits per heavy atom. The normalized spacial score (nSPS) is 10.2. The topological polar surface area (TPSA) is 52.7 Å². The second-order valence-corrected chi connectivity index (χ2v) is 6.03. The molecule has 0 atom stereocenters. The minimum atomic E-state index is -0.0497. The van der Waals surface area contributed by atoms with E-state index in [-0.39, 0.29) is 11.8 Å². The second-order valence-electron chi connectivity index (χ2n) is 6.03. The molecule has 0 heterocycles. The van der Waals surface area contributed by atoms with Gasteiger partial charge in [-0.15, -0.1) is 0 Å². The van der Waals surface area contributed by atoms with Gasteiger partial charge in [0.25, 0.3) is 5.91 Å². The van der Waals surface area contributed by atoms with Gasteiger partial charge in [0.15, 0.2) is 0 Å². The number of benzene rings is 2. The summed E-state index contributed by atoms with van der Waals surface area (Å²) in [5.41, 5.74) is 3.20. The number of amides is 2. The number of nitrogens with one attached hydrogen (secondary N) is 1. The molecule has 0 unspecified atom stereocenters. The maximum Gasteiger partial charge on any atom is 0.255 e. The fourth-order valence-electron chi connectivity index (χ4n) is 2.21. The first-order chi connectivity index (χ1) is 11.4. The zero-order chi connectivity index (χ0) is 17.7. The van der Waals surface area contributed by atoms with Gasteiger partial charge >= 0.3 is 0 Å². The van der Waals surface area contributed by atoms with Gasteiger partial charge < -0.3 is 15.1 Å². The Bertz CT molecular complexity index is 722. The fraction of sp³-hybridized carbons (Fsp3) is 0.263. The zero-order valence-electron chi connectivity index (χ0n) is 14.5. The number of hydrogen-bond donors (Lipinski definition) is 1. The number of nitrogens with zero attached hydrogens (tertiary/aromatic N) is 2. The summed E-state index contributed by atoms with van der Waals surface area (Å²) in [6.07, 6.45) is 0.378. The Balaban J connectivity index is 2.15. The van der Waals surface area contributed by atoms with E-state index in [0.717, 1.165) is 16.9 Å². The lowest BCUT2D eigenvalue weighted by atomic mass is 10.1. The van der Waals surface area contributed by atoms with Crippen molar-refractivity contribution < 1.29 is 9.59 Å². The SMILES string of the molecule is CN(C)C(=O)Cc1ccc(Nc2ccccc2C(=O)N(C)C)cc1. The molecule has 5 heteroatoms. The van der Waals surface area contributed by atoms with E-state index < -0.39 is 0 Å². The van der Waals surface area contributed by atoms with Crippen LogP contribution >= 0.6 is 0 Å². The van der Waals surface area contributed by atoms with Crippen LogP contribution in [0.2, 0.25) is 0 Å². The van der Waals surface area contributed by atoms with Crippen LogP contribution in [0.5, 0.6) is 0 Å². The molecular formula is C19H23N3O2. The van der Waals surface area contributed by atoms with Crippen LogP contribution in [0, 0.1) is 0 Å². The van der Waals surface area contributed by atoms with Gasteiger partial charge in [-0.05, 0) is 29.8 Å². The van der Waals surface area contributed by atoms with Crippen molar-refractivity contribution in [3.63, 3.8) is 0 Å². The highest BCUT2D eigenvalue weighted by atomic mass is 16.2. The predicted molar refractivity (Wildman–Crippen MR) is 96.6 cm³/mol. The third-order valence-corrected chi connectivity index (χ3v) is 3.65. The van der Waals surface area contributed by atoms with Gasteiger partial charge in [-0.2, -0.15) is 0 Å². The highest BCUT2D eigenvalue weighted by Gasteiger charge is 2.13. The largest absolute Gasteiger partial charge is 0.355 e. The number of rotatable bonds is 5. The van der Waals surface area contributed by atoms with E-state index in [1.165, 1.54) is 0 Å². The van der Waals surface area contributed by atoms with Crippen molar-refractivity contribution in [2.75, 3.05) is 33.5 Å². The van der Waals surface area contributed by atoms with Crippen LogP contribution in [0.4, 0.5) is 11.4 Å². The molecule has 5 nitrogen and oxygen atoms in total. The number of anilines is 2. The fourth-order valence-corrected chi connectivity index (χ4v) is 2.21. The van der Waals surface area contributed by atoms with Gasteiger partial charge in [-0.1, -0.05) is 24.3 Å². The molecule has 0 fully saturated rings. The molecule has 2 rings (SSSR count). The van der Waals surface area contributed by atoms with Crippen molar-refractivity contribution in [2.45, 2.75) is 6.42 Å². The van der Waals surface area contributed by atoms with E-state index in [0.29, 0.717) is 12.0 Å². The first-order valence-electron chi connectivity index (χ1n) is 7.75. The molecule has 0 saturated carbocycles. The van der Waals surface area contributed by atoms with Crippen LogP contribution in [0.1, 0.15) is 15.9 Å². The number of hydrogen-bond acceptors (Lipinski definition) is 3. The standard InChI is InChI=1S/C19H23N3O2/c1-21(2)18(23)13-14-9-11-15(12-10-14)20-17-8-6-5-7-16(17)19(24)22(3)4/h5-12,20H,13H2,1-4H3. The molecule has 0 spiro atoms. The third kappa shape index (κ3) is 4.35. The Hall–Kier alpha value is -2.82. The molecular weight excluding hydrogens is 302 g/mol. The van der Waals surface area contributed by atoms with Crippen molar-refractivity contribution in [1.82, 2.24) is 9.80 Å². The molecule has 0 aromatic heterocycles. The van der Waals surface area contributed by atoms with Gasteiger partial charge in [0, 0.05) is 33.9 Å². The van der Waals surface area contributed by atoms with Crippen LogP contribution in [-0.4, -0.2) is 49.8 Å². The summed E-state index contributed by atoms with van der Waals surface area (Å²) in [5.74, 6) is 0.0175. The minimum absolute atomic E-state index is 0.0497. The molecule has 2 amide bonds. The lowest BCUT2D eigenvalue weighted by Gasteiger charge is -2.15. The average molecular weight is 325 g/mol. The molecule has 0 saturated heterocycles. The van der Waals surface area contributed by atoms with Gasteiger partial charge in [0.2, 0.25) is 5.91 Å². The summed E-state index contributed by atoms with van der Waals surface area (Å²) in [6.45, 7) is 0. The number of carbonyl (C=O) groups is 2. The van der Waals surface area contributed by atoms with Gasteiger partial charge in [-0.25, -0.2) is 0 Å². The maximum atomic E-state index is 12.2. The Morgan fingerprint density at radius 2 is 1.50 bits per heavy atom. The van der Waals surface area contributed by atoms with Crippen LogP contribution in [0.25, 0.3) is 0 Å². The predicted octanol–water partition coefficient (Wildman–Crippen LogP) is 2.76. The molecule has 1 N–H and O–H groups in total. The van der Waals surface area contributed by atoms with Crippen LogP contribution in [0.15, 0.2) is 48.5 Å². The van der Waals surface area contributed by atoms with Crippen molar-refractivity contribution in [3.8, 4) is 0 Å². The first kappa shape index (κ1) is 17.5. The monoisotopic (exact) mass is 325 g/mol. The Labute approximate surface area is 142 Å². The van der Waals surface area contributed by atoms with E-state index in [1.807, 2.05) is 42.5 Å². The number of carbonyl (C=O) groups excluding carboxylic acids is 2. The molecule has 0 aliphatic heterocycles. The molecule has 0 aliphatic rings. The first-order valence-corrected chi connectivity index (χ1v) is 7.75. The molecule has 2 aromatic carbocycles. The smallest absolute Gasteiger partial charge is 0.255 e. The van der Waals surface area contributed by atoms with E-state index in [4.69, 9.17) is 0 Å². The highest BCUT2D eigenvalue weighted by molar-refractivity contribution is 6.00. The lowest BCUT2D eigenvalue weighted by molar-refractivity contribution is -0.127. The highest BCUT2D eigenvalue weighted by Crippen LogP contribution is 2.22. The summed E-state index contributed by atoms with van der Waals surface area (Å²) in [4.78, 5) is 27.1.